The summed E-state index contributed by atoms with van der Waals surface area (Å²) in [7, 11) is -1.92. The third kappa shape index (κ3) is 5.71. The Morgan fingerprint density at radius 3 is 2.45 bits per heavy atom. The third-order valence-corrected chi connectivity index (χ3v) is 10.6. The van der Waals surface area contributed by atoms with E-state index in [1.54, 1.807) is 13.8 Å². The Balaban J connectivity index is 1.38. The number of hydrogen-bond acceptors (Lipinski definition) is 7. The van der Waals surface area contributed by atoms with Crippen LogP contribution >= 0.6 is 0 Å². The minimum Gasteiger partial charge on any atom is -0.492 e. The summed E-state index contributed by atoms with van der Waals surface area (Å²) >= 11 is 0. The summed E-state index contributed by atoms with van der Waals surface area (Å²) in [5.74, 6) is 1.20. The molecular weight excluding hydrogens is 559 g/mol. The van der Waals surface area contributed by atoms with Crippen LogP contribution in [-0.4, -0.2) is 45.7 Å². The predicted molar refractivity (Wildman–Crippen MR) is 159 cm³/mol. The Morgan fingerprint density at radius 1 is 1.07 bits per heavy atom. The first-order valence-electron chi connectivity index (χ1n) is 14.0. The number of sulfone groups is 1. The Morgan fingerprint density at radius 2 is 1.79 bits per heavy atom. The monoisotopic (exact) mass is 596 g/mol. The zero-order valence-corrected chi connectivity index (χ0v) is 25.7. The van der Waals surface area contributed by atoms with Gasteiger partial charge in [0.25, 0.3) is 0 Å². The van der Waals surface area contributed by atoms with Crippen LogP contribution in [0.15, 0.2) is 42.5 Å². The molecule has 9 heteroatoms. The average molecular weight is 597 g/mol. The molecule has 0 aromatic heterocycles. The third-order valence-electron chi connectivity index (χ3n) is 8.43. The van der Waals surface area contributed by atoms with Gasteiger partial charge in [-0.1, -0.05) is 12.1 Å². The van der Waals surface area contributed by atoms with Gasteiger partial charge in [0.05, 0.1) is 20.1 Å². The molecule has 1 heterocycles. The van der Waals surface area contributed by atoms with Crippen molar-refractivity contribution in [2.45, 2.75) is 63.7 Å². The van der Waals surface area contributed by atoms with Crippen molar-refractivity contribution in [1.82, 2.24) is 0 Å². The summed E-state index contributed by atoms with van der Waals surface area (Å²) in [6.45, 7) is 7.69. The van der Waals surface area contributed by atoms with Crippen molar-refractivity contribution >= 4 is 15.8 Å². The van der Waals surface area contributed by atoms with Crippen LogP contribution < -0.4 is 14.2 Å². The fraction of sp³-hybridized carbons (Fsp3) is 0.424. The molecule has 1 aliphatic heterocycles. The molecule has 224 valence electrons. The van der Waals surface area contributed by atoms with Crippen LogP contribution in [0.1, 0.15) is 66.5 Å². The maximum atomic E-state index is 15.3. The number of benzene rings is 3. The van der Waals surface area contributed by atoms with Crippen molar-refractivity contribution in [1.29, 1.82) is 0 Å². The summed E-state index contributed by atoms with van der Waals surface area (Å²) in [4.78, 5) is 11.7. The molecular formula is C33H37FO7S. The molecule has 1 aliphatic carbocycles. The largest absolute Gasteiger partial charge is 0.492 e. The van der Waals surface area contributed by atoms with Gasteiger partial charge in [-0.15, -0.1) is 0 Å². The van der Waals surface area contributed by atoms with E-state index >= 15 is 4.39 Å². The molecule has 0 bridgehead atoms. The van der Waals surface area contributed by atoms with Gasteiger partial charge in [-0.25, -0.2) is 12.8 Å². The summed E-state index contributed by atoms with van der Waals surface area (Å²) < 4.78 is 61.3. The molecule has 42 heavy (non-hydrogen) atoms. The van der Waals surface area contributed by atoms with Crippen LogP contribution in [0.3, 0.4) is 0 Å². The lowest BCUT2D eigenvalue weighted by atomic mass is 9.90. The molecule has 0 N–H and O–H groups in total. The van der Waals surface area contributed by atoms with E-state index in [0.29, 0.717) is 42.3 Å². The van der Waals surface area contributed by atoms with Gasteiger partial charge >= 0.3 is 5.97 Å². The first kappa shape index (κ1) is 29.9. The number of halogens is 1. The molecule has 0 spiro atoms. The normalized spacial score (nSPS) is 17.8. The Kier molecular flexibility index (Phi) is 8.00. The van der Waals surface area contributed by atoms with Gasteiger partial charge < -0.3 is 18.9 Å². The second-order valence-corrected chi connectivity index (χ2v) is 14.5. The number of ether oxygens (including phenoxy) is 4. The van der Waals surface area contributed by atoms with E-state index < -0.39 is 20.7 Å². The minimum absolute atomic E-state index is 0.0364. The molecule has 0 saturated heterocycles. The van der Waals surface area contributed by atoms with E-state index in [2.05, 4.69) is 0 Å². The molecule has 0 saturated carbocycles. The van der Waals surface area contributed by atoms with Crippen molar-refractivity contribution in [3.05, 3.63) is 76.1 Å². The van der Waals surface area contributed by atoms with Crippen molar-refractivity contribution in [3.63, 3.8) is 0 Å². The van der Waals surface area contributed by atoms with Gasteiger partial charge in [0.1, 0.15) is 40.5 Å². The molecule has 3 aromatic carbocycles. The minimum atomic E-state index is -3.29. The summed E-state index contributed by atoms with van der Waals surface area (Å²) in [6.07, 6.45) is 2.30. The number of aryl methyl sites for hydroxylation is 2. The van der Waals surface area contributed by atoms with Gasteiger partial charge in [-0.05, 0) is 92.6 Å². The lowest BCUT2D eigenvalue weighted by Crippen LogP contribution is -2.37. The van der Waals surface area contributed by atoms with Gasteiger partial charge in [0, 0.05) is 29.4 Å². The van der Waals surface area contributed by atoms with Crippen LogP contribution in [0, 0.1) is 19.7 Å². The molecule has 2 atom stereocenters. The van der Waals surface area contributed by atoms with Crippen LogP contribution in [-0.2, 0) is 25.8 Å². The molecule has 2 aliphatic rings. The molecule has 3 aromatic rings. The smallest absolute Gasteiger partial charge is 0.306 e. The quantitative estimate of drug-likeness (QED) is 0.264. The van der Waals surface area contributed by atoms with Gasteiger partial charge in [-0.2, -0.15) is 0 Å². The lowest BCUT2D eigenvalue weighted by Gasteiger charge is -2.23. The molecule has 0 fully saturated rings. The van der Waals surface area contributed by atoms with E-state index in [1.165, 1.54) is 19.4 Å². The number of carbonyl (C=O) groups excluding carboxylic acids is 1. The second-order valence-electron chi connectivity index (χ2n) is 11.9. The van der Waals surface area contributed by atoms with Gasteiger partial charge in [0.2, 0.25) is 0 Å². The average Bonchev–Trinajstić information content (AvgIpc) is 3.52. The first-order chi connectivity index (χ1) is 19.8. The molecule has 0 amide bonds. The second kappa shape index (κ2) is 11.2. The molecule has 5 rings (SSSR count). The zero-order chi connectivity index (χ0) is 30.4. The Hall–Kier alpha value is -3.59. The molecule has 1 unspecified atom stereocenters. The lowest BCUT2D eigenvalue weighted by molar-refractivity contribution is -0.141. The highest BCUT2D eigenvalue weighted by molar-refractivity contribution is 7.92. The number of esters is 1. The highest BCUT2D eigenvalue weighted by atomic mass is 32.2. The predicted octanol–water partition coefficient (Wildman–Crippen LogP) is 6.42. The molecule has 7 nitrogen and oxygen atoms in total. The summed E-state index contributed by atoms with van der Waals surface area (Å²) in [5, 5.41) is 0. The van der Waals surface area contributed by atoms with Crippen LogP contribution in [0.4, 0.5) is 4.39 Å². The topological polar surface area (TPSA) is 88.1 Å². The van der Waals surface area contributed by atoms with Crippen molar-refractivity contribution < 1.29 is 36.6 Å². The highest BCUT2D eigenvalue weighted by Crippen LogP contribution is 2.45. The van der Waals surface area contributed by atoms with E-state index in [1.807, 2.05) is 50.2 Å². The number of carbonyl (C=O) groups is 1. The van der Waals surface area contributed by atoms with Crippen molar-refractivity contribution in [2.75, 3.05) is 26.6 Å². The van der Waals surface area contributed by atoms with E-state index in [-0.39, 0.29) is 30.7 Å². The van der Waals surface area contributed by atoms with Crippen LogP contribution in [0.5, 0.6) is 17.2 Å². The number of hydrogen-bond donors (Lipinski definition) is 0. The SMILES string of the molecule is COC(=O)CC1COc2cc(O[C@@H]3CCc4c(-c5c(C)cc(OCC(C)(C)S(C)(=O)=O)cc5C)ccc(F)c43)ccc21. The van der Waals surface area contributed by atoms with Crippen molar-refractivity contribution in [3.8, 4) is 28.4 Å². The standard InChI is InChI=1S/C33H37FO7S/c1-19-13-23(40-18-33(3,4)42(6,36)37)14-20(2)31(19)25-9-11-27(34)32-26(25)10-12-28(32)41-22-7-8-24-21(15-30(35)38-5)17-39-29(24)16-22/h7-9,11,13-14,16,21,28H,10,12,15,17-18H2,1-6H3/t21?,28-/m1/s1. The highest BCUT2D eigenvalue weighted by Gasteiger charge is 2.33. The summed E-state index contributed by atoms with van der Waals surface area (Å²) in [5.41, 5.74) is 6.30. The number of rotatable bonds is 9. The van der Waals surface area contributed by atoms with Crippen LogP contribution in [0.25, 0.3) is 11.1 Å². The Bertz CT molecular complexity index is 1620. The fourth-order valence-corrected chi connectivity index (χ4v) is 6.04. The van der Waals surface area contributed by atoms with Gasteiger partial charge in [0.15, 0.2) is 9.84 Å². The van der Waals surface area contributed by atoms with Crippen LogP contribution in [0.2, 0.25) is 0 Å². The van der Waals surface area contributed by atoms with Crippen molar-refractivity contribution in [2.24, 2.45) is 0 Å². The first-order valence-corrected chi connectivity index (χ1v) is 15.9. The zero-order valence-electron chi connectivity index (χ0n) is 24.9. The maximum Gasteiger partial charge on any atom is 0.306 e. The Labute approximate surface area is 246 Å². The van der Waals surface area contributed by atoms with E-state index in [4.69, 9.17) is 18.9 Å². The van der Waals surface area contributed by atoms with E-state index in [0.717, 1.165) is 33.4 Å². The number of methoxy groups -OCH3 is 1. The maximum absolute atomic E-state index is 15.3. The van der Waals surface area contributed by atoms with Gasteiger partial charge in [-0.3, -0.25) is 4.79 Å². The summed E-state index contributed by atoms with van der Waals surface area (Å²) in [6, 6.07) is 12.7. The fourth-order valence-electron chi connectivity index (χ4n) is 5.77. The number of fused-ring (bicyclic) bond motifs is 2. The van der Waals surface area contributed by atoms with E-state index in [9.17, 15) is 13.2 Å². The molecule has 0 radical (unpaired) electrons.